The molecule has 0 bridgehead atoms. The number of nitrogens with zero attached hydrogens (tertiary/aromatic N) is 1. The lowest BCUT2D eigenvalue weighted by Gasteiger charge is -2.23. The topological polar surface area (TPSA) is 123 Å². The van der Waals surface area contributed by atoms with Gasteiger partial charge in [0.1, 0.15) is 16.3 Å². The largest absolute Gasteiger partial charge is 0.444 e. The highest BCUT2D eigenvalue weighted by molar-refractivity contribution is 9.10. The molecule has 0 aliphatic heterocycles. The number of hydrogen-bond acceptors (Lipinski definition) is 6. The molecule has 0 aromatic carbocycles. The lowest BCUT2D eigenvalue weighted by molar-refractivity contribution is 0.0503. The average molecular weight is 423 g/mol. The van der Waals surface area contributed by atoms with Crippen LogP contribution in [-0.2, 0) is 14.8 Å². The number of nitrogen functional groups attached to an aromatic ring is 1. The zero-order valence-corrected chi connectivity index (χ0v) is 16.5. The van der Waals surface area contributed by atoms with Crippen molar-refractivity contribution in [2.45, 2.75) is 50.7 Å². The summed E-state index contributed by atoms with van der Waals surface area (Å²) in [6.45, 7) is 7.08. The molecule has 0 radical (unpaired) electrons. The van der Waals surface area contributed by atoms with Crippen LogP contribution in [0.5, 0.6) is 0 Å². The van der Waals surface area contributed by atoms with Crippen molar-refractivity contribution in [1.29, 1.82) is 0 Å². The van der Waals surface area contributed by atoms with Crippen LogP contribution in [0.4, 0.5) is 10.6 Å². The minimum absolute atomic E-state index is 0.00400. The molecule has 0 saturated carbocycles. The third-order valence-electron chi connectivity index (χ3n) is 2.87. The van der Waals surface area contributed by atoms with Gasteiger partial charge in [0.2, 0.25) is 10.0 Å². The molecule has 0 aliphatic rings. The van der Waals surface area contributed by atoms with Crippen LogP contribution >= 0.6 is 15.9 Å². The fourth-order valence-corrected chi connectivity index (χ4v) is 3.38. The van der Waals surface area contributed by atoms with E-state index in [0.717, 1.165) is 0 Å². The van der Waals surface area contributed by atoms with E-state index < -0.39 is 27.8 Å². The highest BCUT2D eigenvalue weighted by Gasteiger charge is 2.22. The van der Waals surface area contributed by atoms with E-state index in [2.05, 4.69) is 31.0 Å². The van der Waals surface area contributed by atoms with Crippen molar-refractivity contribution in [3.05, 3.63) is 16.7 Å². The van der Waals surface area contributed by atoms with Crippen molar-refractivity contribution in [1.82, 2.24) is 15.0 Å². The summed E-state index contributed by atoms with van der Waals surface area (Å²) in [5.74, 6) is -0.0983. The van der Waals surface area contributed by atoms with E-state index in [1.165, 1.54) is 12.3 Å². The maximum atomic E-state index is 12.3. The molecule has 0 saturated heterocycles. The van der Waals surface area contributed by atoms with E-state index in [1.54, 1.807) is 20.8 Å². The summed E-state index contributed by atoms with van der Waals surface area (Å²) in [5.41, 5.74) is 5.00. The highest BCUT2D eigenvalue weighted by atomic mass is 79.9. The van der Waals surface area contributed by atoms with Crippen molar-refractivity contribution >= 4 is 37.9 Å². The molecule has 24 heavy (non-hydrogen) atoms. The van der Waals surface area contributed by atoms with Crippen LogP contribution in [0, 0.1) is 0 Å². The van der Waals surface area contributed by atoms with Gasteiger partial charge in [-0.1, -0.05) is 6.92 Å². The summed E-state index contributed by atoms with van der Waals surface area (Å²) < 4.78 is 32.8. The number of ether oxygens (including phenoxy) is 1. The van der Waals surface area contributed by atoms with Gasteiger partial charge in [0, 0.05) is 23.3 Å². The number of nitrogens with one attached hydrogen (secondary N) is 2. The number of carbonyl (C=O) groups is 1. The quantitative estimate of drug-likeness (QED) is 0.643. The van der Waals surface area contributed by atoms with Gasteiger partial charge >= 0.3 is 6.09 Å². The van der Waals surface area contributed by atoms with Gasteiger partial charge < -0.3 is 15.8 Å². The van der Waals surface area contributed by atoms with Crippen LogP contribution in [0.2, 0.25) is 0 Å². The number of nitrogens with two attached hydrogens (primary N) is 1. The fourth-order valence-electron chi connectivity index (χ4n) is 1.71. The van der Waals surface area contributed by atoms with E-state index in [-0.39, 0.29) is 17.3 Å². The van der Waals surface area contributed by atoms with E-state index in [1.807, 2.05) is 6.92 Å². The number of anilines is 1. The van der Waals surface area contributed by atoms with Crippen molar-refractivity contribution in [3.8, 4) is 0 Å². The Labute approximate surface area is 150 Å². The summed E-state index contributed by atoms with van der Waals surface area (Å²) in [5, 5.41) is 2.63. The molecule has 0 aliphatic carbocycles. The van der Waals surface area contributed by atoms with Crippen molar-refractivity contribution in [2.75, 3.05) is 12.3 Å². The second-order valence-electron chi connectivity index (χ2n) is 6.14. The molecule has 1 rings (SSSR count). The van der Waals surface area contributed by atoms with Gasteiger partial charge in [-0.15, -0.1) is 0 Å². The van der Waals surface area contributed by atoms with Crippen LogP contribution < -0.4 is 15.8 Å². The Bertz CT molecular complexity index is 689. The molecular weight excluding hydrogens is 400 g/mol. The second kappa shape index (κ2) is 8.13. The monoisotopic (exact) mass is 422 g/mol. The number of alkyl carbamates (subject to hydrolysis) is 1. The lowest BCUT2D eigenvalue weighted by atomic mass is 10.2. The minimum atomic E-state index is -3.85. The molecule has 1 aromatic heterocycles. The van der Waals surface area contributed by atoms with Gasteiger partial charge in [-0.05, 0) is 49.2 Å². The van der Waals surface area contributed by atoms with E-state index >= 15 is 0 Å². The Morgan fingerprint density at radius 1 is 1.46 bits per heavy atom. The van der Waals surface area contributed by atoms with Crippen LogP contribution in [0.1, 0.15) is 34.1 Å². The summed E-state index contributed by atoms with van der Waals surface area (Å²) in [4.78, 5) is 15.5. The molecule has 1 unspecified atom stereocenters. The zero-order valence-electron chi connectivity index (χ0n) is 14.1. The fraction of sp³-hybridized carbons (Fsp3) is 0.571. The first-order valence-corrected chi connectivity index (χ1v) is 9.62. The van der Waals surface area contributed by atoms with Gasteiger partial charge in [-0.2, -0.15) is 0 Å². The zero-order chi connectivity index (χ0) is 18.5. The summed E-state index contributed by atoms with van der Waals surface area (Å²) in [7, 11) is -3.85. The van der Waals surface area contributed by atoms with E-state index in [0.29, 0.717) is 10.9 Å². The number of sulfonamides is 1. The maximum Gasteiger partial charge on any atom is 0.407 e. The summed E-state index contributed by atoms with van der Waals surface area (Å²) in [6, 6.07) is 0.948. The standard InChI is InChI=1S/C14H23BrN4O4S/c1-5-10(19-13(20)23-14(2,3)4)8-18-24(21,22)11-6-9(15)7-17-12(11)16/h6-7,10,18H,5,8H2,1-4H3,(H2,16,17)(H,19,20). The number of aromatic nitrogens is 1. The van der Waals surface area contributed by atoms with Crippen LogP contribution in [0.15, 0.2) is 21.6 Å². The van der Waals surface area contributed by atoms with Crippen LogP contribution in [0.25, 0.3) is 0 Å². The molecule has 8 nitrogen and oxygen atoms in total. The predicted octanol–water partition coefficient (Wildman–Crippen LogP) is 2.01. The average Bonchev–Trinajstić information content (AvgIpc) is 2.44. The highest BCUT2D eigenvalue weighted by Crippen LogP contribution is 2.20. The number of halogens is 1. The Morgan fingerprint density at radius 3 is 2.62 bits per heavy atom. The van der Waals surface area contributed by atoms with E-state index in [9.17, 15) is 13.2 Å². The van der Waals surface area contributed by atoms with E-state index in [4.69, 9.17) is 10.5 Å². The Morgan fingerprint density at radius 2 is 2.08 bits per heavy atom. The number of hydrogen-bond donors (Lipinski definition) is 3. The SMILES string of the molecule is CCC(CNS(=O)(=O)c1cc(Br)cnc1N)NC(=O)OC(C)(C)C. The summed E-state index contributed by atoms with van der Waals surface area (Å²) >= 11 is 3.16. The first kappa shape index (κ1) is 20.7. The molecule has 1 amide bonds. The Hall–Kier alpha value is -1.39. The van der Waals surface area contributed by atoms with Gasteiger partial charge in [0.15, 0.2) is 0 Å². The second-order valence-corrected chi connectivity index (χ2v) is 8.79. The third-order valence-corrected chi connectivity index (χ3v) is 4.76. The third kappa shape index (κ3) is 6.62. The van der Waals surface area contributed by atoms with Crippen molar-refractivity contribution in [3.63, 3.8) is 0 Å². The number of amides is 1. The molecule has 0 spiro atoms. The molecule has 1 atom stereocenters. The smallest absolute Gasteiger partial charge is 0.407 e. The number of rotatable bonds is 6. The lowest BCUT2D eigenvalue weighted by Crippen LogP contribution is -2.45. The molecule has 4 N–H and O–H groups in total. The number of carbonyl (C=O) groups excluding carboxylic acids is 1. The van der Waals surface area contributed by atoms with Crippen molar-refractivity contribution in [2.24, 2.45) is 0 Å². The molecule has 0 fully saturated rings. The molecule has 136 valence electrons. The molecule has 1 aromatic rings. The van der Waals surface area contributed by atoms with Crippen molar-refractivity contribution < 1.29 is 17.9 Å². The first-order valence-electron chi connectivity index (χ1n) is 7.35. The van der Waals surface area contributed by atoms with Crippen LogP contribution in [0.3, 0.4) is 0 Å². The minimum Gasteiger partial charge on any atom is -0.444 e. The van der Waals surface area contributed by atoms with Gasteiger partial charge in [-0.3, -0.25) is 0 Å². The van der Waals surface area contributed by atoms with Crippen LogP contribution in [-0.4, -0.2) is 37.7 Å². The summed E-state index contributed by atoms with van der Waals surface area (Å²) in [6.07, 6.45) is 1.33. The Balaban J connectivity index is 2.74. The molecular formula is C14H23BrN4O4S. The number of pyridine rings is 1. The van der Waals surface area contributed by atoms with Gasteiger partial charge in [0.05, 0.1) is 0 Å². The van der Waals surface area contributed by atoms with Gasteiger partial charge in [-0.25, -0.2) is 22.9 Å². The first-order chi connectivity index (χ1) is 10.9. The molecule has 1 heterocycles. The maximum absolute atomic E-state index is 12.3. The Kier molecular flexibility index (Phi) is 6.99. The van der Waals surface area contributed by atoms with Gasteiger partial charge in [0.25, 0.3) is 0 Å². The molecule has 10 heteroatoms. The predicted molar refractivity (Wildman–Crippen MR) is 95.0 cm³/mol. The normalized spacial score (nSPS) is 13.4.